The minimum atomic E-state index is -1.26. The van der Waals surface area contributed by atoms with Gasteiger partial charge >= 0.3 is 41.5 Å². The van der Waals surface area contributed by atoms with Crippen LogP contribution in [0.15, 0.2) is 49.1 Å². The summed E-state index contributed by atoms with van der Waals surface area (Å²) in [6, 6.07) is 10.0. The maximum atomic E-state index is 9.55. The summed E-state index contributed by atoms with van der Waals surface area (Å²) >= 11 is 0. The molecule has 0 aromatic heterocycles. The molecule has 0 fully saturated rings. The zero-order valence-electron chi connectivity index (χ0n) is 8.54. The molecule has 2 N–H and O–H groups in total. The molecule has 5 heteroatoms. The van der Waals surface area contributed by atoms with E-state index < -0.39 is 11.9 Å². The van der Waals surface area contributed by atoms with Gasteiger partial charge in [-0.15, -0.1) is 0 Å². The van der Waals surface area contributed by atoms with E-state index in [9.17, 15) is 9.59 Å². The normalized spacial score (nSPS) is 8.47. The van der Waals surface area contributed by atoms with Crippen LogP contribution in [0.1, 0.15) is 5.56 Å². The third-order valence-corrected chi connectivity index (χ3v) is 1.40. The van der Waals surface area contributed by atoms with Gasteiger partial charge in [-0.3, -0.25) is 0 Å². The van der Waals surface area contributed by atoms with Crippen LogP contribution in [0.2, 0.25) is 0 Å². The zero-order valence-corrected chi connectivity index (χ0v) is 8.54. The topological polar surface area (TPSA) is 74.6 Å². The molecule has 17 heavy (non-hydrogen) atoms. The Hall–Kier alpha value is -1.36. The molecular formula is C12H13NaO4. The second kappa shape index (κ2) is 11.1. The molecule has 0 spiro atoms. The van der Waals surface area contributed by atoms with E-state index >= 15 is 0 Å². The quantitative estimate of drug-likeness (QED) is 0.622. The van der Waals surface area contributed by atoms with Crippen LogP contribution in [-0.4, -0.2) is 51.7 Å². The van der Waals surface area contributed by atoms with Gasteiger partial charge < -0.3 is 10.2 Å². The fourth-order valence-corrected chi connectivity index (χ4v) is 0.732. The Kier molecular flexibility index (Phi) is 11.8. The number of hydrogen-bond acceptors (Lipinski definition) is 2. The van der Waals surface area contributed by atoms with Crippen molar-refractivity contribution in [2.75, 3.05) is 0 Å². The minimum absolute atomic E-state index is 0. The van der Waals surface area contributed by atoms with E-state index in [-0.39, 0.29) is 29.6 Å². The van der Waals surface area contributed by atoms with Crippen LogP contribution in [-0.2, 0) is 9.59 Å². The van der Waals surface area contributed by atoms with Gasteiger partial charge in [0.25, 0.3) is 0 Å². The molecule has 0 aliphatic heterocycles. The third kappa shape index (κ3) is 12.6. The van der Waals surface area contributed by atoms with Crippen molar-refractivity contribution in [2.45, 2.75) is 0 Å². The predicted molar refractivity (Wildman–Crippen MR) is 68.1 cm³/mol. The summed E-state index contributed by atoms with van der Waals surface area (Å²) in [6.07, 6.45) is 2.95. The Morgan fingerprint density at radius 3 is 1.65 bits per heavy atom. The molecule has 0 amide bonds. The summed E-state index contributed by atoms with van der Waals surface area (Å²) in [7, 11) is 0. The van der Waals surface area contributed by atoms with E-state index in [4.69, 9.17) is 10.2 Å². The van der Waals surface area contributed by atoms with E-state index in [0.717, 1.165) is 0 Å². The molecule has 0 radical (unpaired) electrons. The molecule has 86 valence electrons. The van der Waals surface area contributed by atoms with Crippen molar-refractivity contribution in [1.29, 1.82) is 0 Å². The average molecular weight is 244 g/mol. The van der Waals surface area contributed by atoms with Crippen LogP contribution >= 0.6 is 0 Å². The van der Waals surface area contributed by atoms with Gasteiger partial charge in [0, 0.05) is 12.2 Å². The van der Waals surface area contributed by atoms with Crippen molar-refractivity contribution >= 4 is 47.6 Å². The van der Waals surface area contributed by atoms with Crippen molar-refractivity contribution < 1.29 is 19.8 Å². The van der Waals surface area contributed by atoms with Crippen molar-refractivity contribution in [3.63, 3.8) is 0 Å². The number of benzene rings is 1. The van der Waals surface area contributed by atoms with Crippen molar-refractivity contribution in [3.8, 4) is 0 Å². The molecule has 0 heterocycles. The Morgan fingerprint density at radius 2 is 1.41 bits per heavy atom. The fraction of sp³-hybridized carbons (Fsp3) is 0. The monoisotopic (exact) mass is 244 g/mol. The summed E-state index contributed by atoms with van der Waals surface area (Å²) in [5.74, 6) is -2.51. The van der Waals surface area contributed by atoms with Gasteiger partial charge in [-0.25, -0.2) is 9.59 Å². The second-order valence-corrected chi connectivity index (χ2v) is 2.62. The third-order valence-electron chi connectivity index (χ3n) is 1.40. The van der Waals surface area contributed by atoms with Crippen LogP contribution < -0.4 is 0 Å². The van der Waals surface area contributed by atoms with Crippen LogP contribution in [0.5, 0.6) is 0 Å². The van der Waals surface area contributed by atoms with Crippen molar-refractivity contribution in [3.05, 3.63) is 54.6 Å². The number of carboxylic acid groups (broad SMARTS) is 2. The molecule has 1 aromatic rings. The Balaban J connectivity index is 0. The second-order valence-electron chi connectivity index (χ2n) is 2.62. The standard InChI is InChI=1S/C8H8.C4H4O4.Na.H/c1-2-8-6-4-3-5-7-8;5-3(6)1-2-4(7)8;;/h2-7H,1H2;1-2H,(H,5,6)(H,7,8);;/b;2-1-;;. The summed E-state index contributed by atoms with van der Waals surface area (Å²) in [5, 5.41) is 15.6. The molecule has 0 aliphatic rings. The maximum absolute atomic E-state index is 9.55. The number of carboxylic acids is 2. The Morgan fingerprint density at radius 1 is 1.00 bits per heavy atom. The summed E-state index contributed by atoms with van der Waals surface area (Å²) in [5.41, 5.74) is 1.17. The molecule has 0 aliphatic carbocycles. The van der Waals surface area contributed by atoms with Crippen molar-refractivity contribution in [1.82, 2.24) is 0 Å². The van der Waals surface area contributed by atoms with Crippen LogP contribution in [0.4, 0.5) is 0 Å². The van der Waals surface area contributed by atoms with Crippen LogP contribution in [0, 0.1) is 0 Å². The number of aliphatic carboxylic acids is 2. The van der Waals surface area contributed by atoms with Crippen LogP contribution in [0.3, 0.4) is 0 Å². The molecule has 1 rings (SSSR count). The summed E-state index contributed by atoms with van der Waals surface area (Å²) in [6.45, 7) is 3.63. The van der Waals surface area contributed by atoms with Gasteiger partial charge in [-0.1, -0.05) is 43.0 Å². The zero-order chi connectivity index (χ0) is 12.4. The van der Waals surface area contributed by atoms with Crippen molar-refractivity contribution in [2.24, 2.45) is 0 Å². The summed E-state index contributed by atoms with van der Waals surface area (Å²) < 4.78 is 0. The fourth-order valence-electron chi connectivity index (χ4n) is 0.732. The first-order chi connectivity index (χ1) is 7.56. The molecule has 4 nitrogen and oxygen atoms in total. The molecule has 1 aromatic carbocycles. The Labute approximate surface area is 122 Å². The Bertz CT molecular complexity index is 369. The SMILES string of the molecule is C=Cc1ccccc1.O=C(O)/C=C\C(=O)O.[NaH]. The van der Waals surface area contributed by atoms with Gasteiger partial charge in [-0.2, -0.15) is 0 Å². The van der Waals surface area contributed by atoms with Gasteiger partial charge in [0.2, 0.25) is 0 Å². The van der Waals surface area contributed by atoms with Gasteiger partial charge in [-0.05, 0) is 5.56 Å². The molecule has 0 atom stereocenters. The summed E-state index contributed by atoms with van der Waals surface area (Å²) in [4.78, 5) is 19.1. The molecule has 0 bridgehead atoms. The average Bonchev–Trinajstić information content (AvgIpc) is 2.28. The number of rotatable bonds is 3. The predicted octanol–water partition coefficient (Wildman–Crippen LogP) is 1.39. The first-order valence-corrected chi connectivity index (χ1v) is 4.37. The van der Waals surface area contributed by atoms with E-state index in [1.165, 1.54) is 5.56 Å². The van der Waals surface area contributed by atoms with E-state index in [1.807, 2.05) is 36.4 Å². The van der Waals surface area contributed by atoms with Gasteiger partial charge in [0.15, 0.2) is 0 Å². The molecular weight excluding hydrogens is 231 g/mol. The molecule has 0 unspecified atom stereocenters. The first-order valence-electron chi connectivity index (χ1n) is 4.37. The first kappa shape index (κ1) is 18.0. The van der Waals surface area contributed by atoms with E-state index in [1.54, 1.807) is 0 Å². The van der Waals surface area contributed by atoms with Gasteiger partial charge in [0.1, 0.15) is 0 Å². The van der Waals surface area contributed by atoms with E-state index in [2.05, 4.69) is 6.58 Å². The van der Waals surface area contributed by atoms with E-state index in [0.29, 0.717) is 12.2 Å². The van der Waals surface area contributed by atoms with Gasteiger partial charge in [0.05, 0.1) is 0 Å². The molecule has 0 saturated heterocycles. The van der Waals surface area contributed by atoms with Crippen LogP contribution in [0.25, 0.3) is 6.08 Å². The number of hydrogen-bond donors (Lipinski definition) is 2. The molecule has 0 saturated carbocycles. The number of carbonyl (C=O) groups is 2.